The molecule has 0 spiro atoms. The molecule has 0 radical (unpaired) electrons. The molecule has 3 fully saturated rings. The number of hydrogen-bond donors (Lipinski definition) is 12. The standard InChI is InChI=1S/C92H157NO18/c1-3-5-7-9-11-13-15-17-19-21-23-25-27-29-30-31-32-33-34-35-36-37-38-39-40-41-42-43-44-46-48-50-52-54-56-58-60-62-64-66-68-70-80(98)93-75(76(97)69-67-65-63-61-59-57-55-53-51-49-47-45-28-26-24-22-20-18-16-14-12-10-8-6-4-2)74-106-90-86(104)83(101)88(78(72-95)108-90)111-92-87(105)84(102)89(79(73-96)109-92)110-91-85(103)82(100)81(99)77(71-94)107-91/h5,7,11,13,17,19,23,25,29-30,32-33,35-36,38-39,51,53,59,61,67,69,75-79,81-92,94-97,99-105H,3-4,6,8-10,12,14-16,18,20-22,24,26-28,31,34,37,40-50,52,54-58,60,62-66,68,70-74H2,1-2H3,(H,93,98)/b7-5-,13-11-,19-17-,25-23-,30-29-,33-32-,36-35-,39-38-,53-51+,61-59+,69-67+. The molecule has 3 aliphatic heterocycles. The second-order valence-corrected chi connectivity index (χ2v) is 30.6. The number of amides is 1. The van der Waals surface area contributed by atoms with E-state index in [4.69, 9.17) is 28.4 Å². The first kappa shape index (κ1) is 101. The lowest BCUT2D eigenvalue weighted by Crippen LogP contribution is -2.66. The van der Waals surface area contributed by atoms with Crippen LogP contribution in [0.4, 0.5) is 0 Å². The summed E-state index contributed by atoms with van der Waals surface area (Å²) in [6.07, 6.45) is 74.5. The van der Waals surface area contributed by atoms with E-state index in [1.54, 1.807) is 6.08 Å². The molecule has 17 unspecified atom stereocenters. The van der Waals surface area contributed by atoms with E-state index in [0.717, 1.165) is 109 Å². The average Bonchev–Trinajstić information content (AvgIpc) is 0.780. The zero-order chi connectivity index (χ0) is 80.3. The van der Waals surface area contributed by atoms with Crippen molar-refractivity contribution in [3.63, 3.8) is 0 Å². The quantitative estimate of drug-likeness (QED) is 0.0199. The van der Waals surface area contributed by atoms with Gasteiger partial charge in [-0.05, 0) is 109 Å². The lowest BCUT2D eigenvalue weighted by Gasteiger charge is -2.48. The topological polar surface area (TPSA) is 307 Å². The first-order valence-corrected chi connectivity index (χ1v) is 43.9. The summed E-state index contributed by atoms with van der Waals surface area (Å²) >= 11 is 0. The van der Waals surface area contributed by atoms with Gasteiger partial charge < -0.3 is 89.9 Å². The summed E-state index contributed by atoms with van der Waals surface area (Å²) < 4.78 is 34.5. The number of carbonyl (C=O) groups excluding carboxylic acids is 1. The third kappa shape index (κ3) is 48.9. The molecule has 0 aromatic carbocycles. The van der Waals surface area contributed by atoms with Gasteiger partial charge in [-0.1, -0.05) is 327 Å². The number of allylic oxidation sites excluding steroid dienone is 21. The molecule has 0 aromatic heterocycles. The summed E-state index contributed by atoms with van der Waals surface area (Å²) in [4.78, 5) is 13.5. The van der Waals surface area contributed by atoms with Crippen LogP contribution in [0, 0.1) is 0 Å². The maximum atomic E-state index is 13.5. The molecule has 0 aromatic rings. The van der Waals surface area contributed by atoms with Gasteiger partial charge in [0.25, 0.3) is 0 Å². The van der Waals surface area contributed by atoms with E-state index < -0.39 is 124 Å². The predicted octanol–water partition coefficient (Wildman–Crippen LogP) is 16.4. The molecule has 17 atom stereocenters. The van der Waals surface area contributed by atoms with Crippen LogP contribution in [-0.4, -0.2) is 193 Å². The second kappa shape index (κ2) is 70.2. The largest absolute Gasteiger partial charge is 0.394 e. The van der Waals surface area contributed by atoms with Crippen LogP contribution < -0.4 is 5.32 Å². The van der Waals surface area contributed by atoms with Crippen molar-refractivity contribution in [1.29, 1.82) is 0 Å². The van der Waals surface area contributed by atoms with Gasteiger partial charge in [0.15, 0.2) is 18.9 Å². The minimum Gasteiger partial charge on any atom is -0.394 e. The lowest BCUT2D eigenvalue weighted by molar-refractivity contribution is -0.379. The van der Waals surface area contributed by atoms with E-state index in [1.165, 1.54) is 167 Å². The molecular weight excluding hydrogens is 1410 g/mol. The Hall–Kier alpha value is -4.07. The number of hydrogen-bond acceptors (Lipinski definition) is 18. The number of aliphatic hydroxyl groups is 11. The van der Waals surface area contributed by atoms with Crippen molar-refractivity contribution in [2.45, 2.75) is 413 Å². The minimum absolute atomic E-state index is 0.226. The molecule has 0 aliphatic carbocycles. The SMILES string of the molecule is CC/C=C\C/C=C\C/C=C\C/C=C\C/C=C\C/C=C\C/C=C\C/C=C\CCCCCCCCCCCCCCCCCCC(=O)NC(COC1OC(CO)C(OC2OC(CO)C(OC3OC(CO)C(O)C(O)C3O)C(O)C2O)C(O)C1O)C(O)/C=C/CC/C=C/CC/C=C/CCCCCCCCCCCCCCCCC. The van der Waals surface area contributed by atoms with E-state index >= 15 is 0 Å². The van der Waals surface area contributed by atoms with Gasteiger partial charge in [-0.2, -0.15) is 0 Å². The molecule has 111 heavy (non-hydrogen) atoms. The smallest absolute Gasteiger partial charge is 0.220 e. The molecule has 638 valence electrons. The maximum Gasteiger partial charge on any atom is 0.220 e. The fourth-order valence-corrected chi connectivity index (χ4v) is 13.9. The first-order valence-electron chi connectivity index (χ1n) is 43.9. The number of unbranched alkanes of at least 4 members (excludes halogenated alkanes) is 33. The zero-order valence-corrected chi connectivity index (χ0v) is 68.6. The predicted molar refractivity (Wildman–Crippen MR) is 447 cm³/mol. The summed E-state index contributed by atoms with van der Waals surface area (Å²) in [6.45, 7) is 1.62. The van der Waals surface area contributed by atoms with E-state index in [1.807, 2.05) is 6.08 Å². The van der Waals surface area contributed by atoms with Crippen LogP contribution in [0.1, 0.15) is 309 Å². The highest BCUT2D eigenvalue weighted by molar-refractivity contribution is 5.76. The van der Waals surface area contributed by atoms with E-state index in [0.29, 0.717) is 12.8 Å². The van der Waals surface area contributed by atoms with Crippen molar-refractivity contribution in [2.75, 3.05) is 26.4 Å². The summed E-state index contributed by atoms with van der Waals surface area (Å²) in [7, 11) is 0. The fraction of sp³-hybridized carbons (Fsp3) is 0.750. The number of ether oxygens (including phenoxy) is 6. The van der Waals surface area contributed by atoms with Gasteiger partial charge >= 0.3 is 0 Å². The molecule has 3 saturated heterocycles. The van der Waals surface area contributed by atoms with Gasteiger partial charge in [-0.3, -0.25) is 4.79 Å². The van der Waals surface area contributed by atoms with Gasteiger partial charge in [0, 0.05) is 6.42 Å². The van der Waals surface area contributed by atoms with Gasteiger partial charge in [-0.25, -0.2) is 0 Å². The molecule has 3 aliphatic rings. The first-order chi connectivity index (χ1) is 54.3. The Kier molecular flexibility index (Phi) is 63.9. The zero-order valence-electron chi connectivity index (χ0n) is 68.6. The number of carbonyl (C=O) groups is 1. The summed E-state index contributed by atoms with van der Waals surface area (Å²) in [5.74, 6) is -0.291. The normalized spacial score (nSPS) is 25.7. The molecule has 12 N–H and O–H groups in total. The van der Waals surface area contributed by atoms with Crippen molar-refractivity contribution in [2.24, 2.45) is 0 Å². The van der Waals surface area contributed by atoms with Crippen molar-refractivity contribution >= 4 is 5.91 Å². The third-order valence-electron chi connectivity index (χ3n) is 20.9. The Balaban J connectivity index is 1.33. The molecule has 1 amide bonds. The molecule has 0 bridgehead atoms. The lowest BCUT2D eigenvalue weighted by atomic mass is 9.96. The van der Waals surface area contributed by atoms with Crippen molar-refractivity contribution in [3.05, 3.63) is 134 Å². The fourth-order valence-electron chi connectivity index (χ4n) is 13.9. The number of aliphatic hydroxyl groups excluding tert-OH is 11. The van der Waals surface area contributed by atoms with Crippen LogP contribution in [-0.2, 0) is 33.2 Å². The van der Waals surface area contributed by atoms with E-state index in [2.05, 4.69) is 141 Å². The highest BCUT2D eigenvalue weighted by Gasteiger charge is 2.54. The molecule has 19 nitrogen and oxygen atoms in total. The number of rotatable bonds is 69. The molecule has 3 rings (SSSR count). The monoisotopic (exact) mass is 1560 g/mol. The van der Waals surface area contributed by atoms with Crippen molar-refractivity contribution in [1.82, 2.24) is 5.32 Å². The average molecular weight is 1570 g/mol. The van der Waals surface area contributed by atoms with Crippen LogP contribution in [0.25, 0.3) is 0 Å². The Labute approximate surface area is 670 Å². The van der Waals surface area contributed by atoms with Gasteiger partial charge in [0.1, 0.15) is 73.2 Å². The van der Waals surface area contributed by atoms with Crippen molar-refractivity contribution < 1.29 is 89.4 Å². The van der Waals surface area contributed by atoms with Crippen molar-refractivity contribution in [3.8, 4) is 0 Å². The Bertz CT molecular complexity index is 2530. The summed E-state index contributed by atoms with van der Waals surface area (Å²) in [5, 5.41) is 121. The third-order valence-corrected chi connectivity index (χ3v) is 20.9. The van der Waals surface area contributed by atoms with Crippen LogP contribution in [0.3, 0.4) is 0 Å². The van der Waals surface area contributed by atoms with Gasteiger partial charge in [-0.15, -0.1) is 0 Å². The number of nitrogens with one attached hydrogen (secondary N) is 1. The molecule has 19 heteroatoms. The summed E-state index contributed by atoms with van der Waals surface area (Å²) in [5.41, 5.74) is 0. The summed E-state index contributed by atoms with van der Waals surface area (Å²) in [6, 6.07) is -1.01. The second-order valence-electron chi connectivity index (χ2n) is 30.6. The highest BCUT2D eigenvalue weighted by Crippen LogP contribution is 2.33. The maximum absolute atomic E-state index is 13.5. The highest BCUT2D eigenvalue weighted by atomic mass is 16.8. The van der Waals surface area contributed by atoms with Crippen LogP contribution in [0.15, 0.2) is 134 Å². The van der Waals surface area contributed by atoms with Gasteiger partial charge in [0.2, 0.25) is 5.91 Å². The Morgan fingerprint density at radius 1 is 0.333 bits per heavy atom. The van der Waals surface area contributed by atoms with Crippen LogP contribution >= 0.6 is 0 Å². The van der Waals surface area contributed by atoms with E-state index in [-0.39, 0.29) is 18.9 Å². The molecule has 3 heterocycles. The molecule has 0 saturated carbocycles. The van der Waals surface area contributed by atoms with Gasteiger partial charge in [0.05, 0.1) is 38.6 Å². The Morgan fingerprint density at radius 2 is 0.631 bits per heavy atom. The molecular formula is C92H157NO18. The van der Waals surface area contributed by atoms with Crippen LogP contribution in [0.5, 0.6) is 0 Å². The Morgan fingerprint density at radius 3 is 1.01 bits per heavy atom. The minimum atomic E-state index is -1.99. The van der Waals surface area contributed by atoms with E-state index in [9.17, 15) is 61.0 Å². The van der Waals surface area contributed by atoms with Crippen LogP contribution in [0.2, 0.25) is 0 Å².